The fourth-order valence-electron chi connectivity index (χ4n) is 2.66. The van der Waals surface area contributed by atoms with Crippen molar-refractivity contribution in [2.24, 2.45) is 0 Å². The fourth-order valence-corrected chi connectivity index (χ4v) is 2.66. The lowest BCUT2D eigenvalue weighted by molar-refractivity contribution is 0.895. The minimum Gasteiger partial charge on any atom is -0.340 e. The van der Waals surface area contributed by atoms with Crippen LogP contribution in [0.1, 0.15) is 34.6 Å². The molecule has 0 spiro atoms. The molecule has 0 atom stereocenters. The van der Waals surface area contributed by atoms with E-state index in [0.29, 0.717) is 0 Å². The van der Waals surface area contributed by atoms with E-state index in [0.717, 1.165) is 30.2 Å². The summed E-state index contributed by atoms with van der Waals surface area (Å²) in [6.07, 6.45) is 3.36. The molecule has 0 amide bonds. The summed E-state index contributed by atoms with van der Waals surface area (Å²) in [5.41, 5.74) is 6.17. The minimum atomic E-state index is 0.855. The number of fused-ring (bicyclic) bond motifs is 1. The molecule has 0 saturated carbocycles. The molecule has 1 aromatic carbocycles. The maximum atomic E-state index is 4.59. The van der Waals surface area contributed by atoms with Gasteiger partial charge < -0.3 is 5.32 Å². The number of hydrogen-bond acceptors (Lipinski definition) is 3. The molecule has 0 saturated heterocycles. The lowest BCUT2D eigenvalue weighted by Gasteiger charge is -2.13. The molecule has 1 heterocycles. The second-order valence-electron chi connectivity index (χ2n) is 5.34. The number of hydrogen-bond donors (Lipinski definition) is 1. The summed E-state index contributed by atoms with van der Waals surface area (Å²) in [6.45, 7) is 6.20. The second kappa shape index (κ2) is 4.65. The number of aromatic nitrogens is 2. The monoisotopic (exact) mass is 253 g/mol. The summed E-state index contributed by atoms with van der Waals surface area (Å²) < 4.78 is 0. The first-order chi connectivity index (χ1) is 9.13. The topological polar surface area (TPSA) is 37.8 Å². The molecular formula is C16H19N3. The average Bonchev–Trinajstić information content (AvgIpc) is 2.82. The van der Waals surface area contributed by atoms with Gasteiger partial charge in [-0.3, -0.25) is 0 Å². The molecule has 19 heavy (non-hydrogen) atoms. The highest BCUT2D eigenvalue weighted by molar-refractivity contribution is 5.64. The Morgan fingerprint density at radius 3 is 2.74 bits per heavy atom. The van der Waals surface area contributed by atoms with Gasteiger partial charge in [-0.25, -0.2) is 9.97 Å². The van der Waals surface area contributed by atoms with Gasteiger partial charge in [-0.1, -0.05) is 12.1 Å². The van der Waals surface area contributed by atoms with E-state index in [1.54, 1.807) is 0 Å². The van der Waals surface area contributed by atoms with Gasteiger partial charge in [0.1, 0.15) is 11.6 Å². The van der Waals surface area contributed by atoms with Crippen molar-refractivity contribution in [3.8, 4) is 0 Å². The zero-order valence-electron chi connectivity index (χ0n) is 11.7. The average molecular weight is 253 g/mol. The van der Waals surface area contributed by atoms with Crippen molar-refractivity contribution in [2.45, 2.75) is 40.0 Å². The van der Waals surface area contributed by atoms with Crippen molar-refractivity contribution in [3.05, 3.63) is 46.4 Å². The maximum Gasteiger partial charge on any atom is 0.137 e. The molecule has 98 valence electrons. The molecule has 3 rings (SSSR count). The first kappa shape index (κ1) is 12.2. The standard InChI is InChI=1S/C16H19N3/c1-10-7-8-11(2)15(9-10)19-16-13-5-4-6-14(13)17-12(3)18-16/h7-9H,4-6H2,1-3H3,(H,17,18,19). The molecule has 1 N–H and O–H groups in total. The van der Waals surface area contributed by atoms with Crippen LogP contribution in [0.15, 0.2) is 18.2 Å². The van der Waals surface area contributed by atoms with Gasteiger partial charge in [0.05, 0.1) is 0 Å². The fraction of sp³-hybridized carbons (Fsp3) is 0.375. The molecule has 1 aromatic heterocycles. The van der Waals surface area contributed by atoms with E-state index in [9.17, 15) is 0 Å². The van der Waals surface area contributed by atoms with Gasteiger partial charge in [0, 0.05) is 16.9 Å². The predicted octanol–water partition coefficient (Wildman–Crippen LogP) is 3.63. The van der Waals surface area contributed by atoms with Crippen LogP contribution in [0.3, 0.4) is 0 Å². The van der Waals surface area contributed by atoms with Crippen molar-refractivity contribution in [1.82, 2.24) is 9.97 Å². The third-order valence-corrected chi connectivity index (χ3v) is 3.69. The molecular weight excluding hydrogens is 234 g/mol. The van der Waals surface area contributed by atoms with Crippen molar-refractivity contribution in [2.75, 3.05) is 5.32 Å². The van der Waals surface area contributed by atoms with Gasteiger partial charge in [-0.15, -0.1) is 0 Å². The molecule has 0 fully saturated rings. The van der Waals surface area contributed by atoms with Crippen molar-refractivity contribution in [3.63, 3.8) is 0 Å². The van der Waals surface area contributed by atoms with Gasteiger partial charge in [0.2, 0.25) is 0 Å². The maximum absolute atomic E-state index is 4.59. The zero-order chi connectivity index (χ0) is 13.4. The summed E-state index contributed by atoms with van der Waals surface area (Å²) in [4.78, 5) is 9.13. The normalized spacial score (nSPS) is 13.4. The number of rotatable bonds is 2. The Labute approximate surface area is 114 Å². The number of nitrogens with zero attached hydrogens (tertiary/aromatic N) is 2. The highest BCUT2D eigenvalue weighted by Gasteiger charge is 2.18. The quantitative estimate of drug-likeness (QED) is 0.888. The van der Waals surface area contributed by atoms with Gasteiger partial charge in [-0.2, -0.15) is 0 Å². The number of aryl methyl sites for hydroxylation is 4. The Morgan fingerprint density at radius 2 is 1.89 bits per heavy atom. The Morgan fingerprint density at radius 1 is 1.05 bits per heavy atom. The summed E-state index contributed by atoms with van der Waals surface area (Å²) >= 11 is 0. The van der Waals surface area contributed by atoms with Crippen molar-refractivity contribution < 1.29 is 0 Å². The van der Waals surface area contributed by atoms with E-state index in [-0.39, 0.29) is 0 Å². The second-order valence-corrected chi connectivity index (χ2v) is 5.34. The van der Waals surface area contributed by atoms with Crippen LogP contribution < -0.4 is 5.32 Å². The lowest BCUT2D eigenvalue weighted by atomic mass is 10.1. The molecule has 0 aliphatic heterocycles. The Kier molecular flexibility index (Phi) is 2.97. The Bertz CT molecular complexity index is 632. The predicted molar refractivity (Wildman–Crippen MR) is 78.0 cm³/mol. The third kappa shape index (κ3) is 2.33. The summed E-state index contributed by atoms with van der Waals surface area (Å²) in [5.74, 6) is 1.85. The molecule has 1 aliphatic carbocycles. The smallest absolute Gasteiger partial charge is 0.137 e. The molecule has 0 unspecified atom stereocenters. The lowest BCUT2D eigenvalue weighted by Crippen LogP contribution is -2.04. The number of nitrogens with one attached hydrogen (secondary N) is 1. The Balaban J connectivity index is 2.02. The first-order valence-corrected chi connectivity index (χ1v) is 6.84. The van der Waals surface area contributed by atoms with Crippen molar-refractivity contribution in [1.29, 1.82) is 0 Å². The van der Waals surface area contributed by atoms with Crippen LogP contribution in [-0.4, -0.2) is 9.97 Å². The first-order valence-electron chi connectivity index (χ1n) is 6.84. The molecule has 1 aliphatic rings. The number of benzene rings is 1. The Hall–Kier alpha value is -1.90. The molecule has 0 bridgehead atoms. The van der Waals surface area contributed by atoms with E-state index >= 15 is 0 Å². The summed E-state index contributed by atoms with van der Waals surface area (Å²) in [5, 5.41) is 3.50. The van der Waals surface area contributed by atoms with Crippen LogP contribution >= 0.6 is 0 Å². The molecule has 3 nitrogen and oxygen atoms in total. The van der Waals surface area contributed by atoms with Gasteiger partial charge >= 0.3 is 0 Å². The van der Waals surface area contributed by atoms with Crippen molar-refractivity contribution >= 4 is 11.5 Å². The third-order valence-electron chi connectivity index (χ3n) is 3.69. The zero-order valence-corrected chi connectivity index (χ0v) is 11.7. The summed E-state index contributed by atoms with van der Waals surface area (Å²) in [7, 11) is 0. The number of anilines is 2. The highest BCUT2D eigenvalue weighted by atomic mass is 15.0. The molecule has 2 aromatic rings. The van der Waals surface area contributed by atoms with E-state index in [2.05, 4.69) is 47.3 Å². The van der Waals surface area contributed by atoms with E-state index in [4.69, 9.17) is 0 Å². The van der Waals surface area contributed by atoms with E-state index in [1.165, 1.54) is 28.8 Å². The SMILES string of the molecule is Cc1ccc(C)c(Nc2nc(C)nc3c2CCC3)c1. The van der Waals surface area contributed by atoms with Crippen LogP contribution in [0, 0.1) is 20.8 Å². The van der Waals surface area contributed by atoms with Gasteiger partial charge in [0.25, 0.3) is 0 Å². The molecule has 3 heteroatoms. The van der Waals surface area contributed by atoms with Gasteiger partial charge in [-0.05, 0) is 57.2 Å². The minimum absolute atomic E-state index is 0.855. The van der Waals surface area contributed by atoms with Gasteiger partial charge in [0.15, 0.2) is 0 Å². The van der Waals surface area contributed by atoms with Crippen LogP contribution in [0.5, 0.6) is 0 Å². The van der Waals surface area contributed by atoms with Crippen LogP contribution in [0.4, 0.5) is 11.5 Å². The van der Waals surface area contributed by atoms with E-state index in [1.807, 2.05) is 6.92 Å². The molecule has 0 radical (unpaired) electrons. The largest absolute Gasteiger partial charge is 0.340 e. The highest BCUT2D eigenvalue weighted by Crippen LogP contribution is 2.29. The van der Waals surface area contributed by atoms with Crippen LogP contribution in [0.25, 0.3) is 0 Å². The van der Waals surface area contributed by atoms with Crippen LogP contribution in [0.2, 0.25) is 0 Å². The summed E-state index contributed by atoms with van der Waals surface area (Å²) in [6, 6.07) is 6.45. The van der Waals surface area contributed by atoms with E-state index < -0.39 is 0 Å². The van der Waals surface area contributed by atoms with Crippen LogP contribution in [-0.2, 0) is 12.8 Å².